The van der Waals surface area contributed by atoms with Crippen LogP contribution in [0.1, 0.15) is 11.1 Å². The average Bonchev–Trinajstić information content (AvgIpc) is 2.56. The maximum Gasteiger partial charge on any atom is 0.239 e. The molecule has 0 bridgehead atoms. The molecule has 0 aliphatic rings. The molecule has 2 aromatic carbocycles. The summed E-state index contributed by atoms with van der Waals surface area (Å²) < 4.78 is 0. The molecule has 0 aliphatic carbocycles. The molecule has 4 nitrogen and oxygen atoms in total. The van der Waals surface area contributed by atoms with E-state index in [2.05, 4.69) is 10.6 Å². The van der Waals surface area contributed by atoms with E-state index in [1.807, 2.05) is 30.3 Å². The molecule has 0 unspecified atom stereocenters. The summed E-state index contributed by atoms with van der Waals surface area (Å²) in [5.41, 5.74) is 2.02. The molecule has 0 atom stereocenters. The van der Waals surface area contributed by atoms with Gasteiger partial charge in [0.1, 0.15) is 0 Å². The SMILES string of the molecule is O=C(CNC(=O)Cc1ccc(Cl)cc1)NCCc1ccccc1. The van der Waals surface area contributed by atoms with E-state index in [9.17, 15) is 9.59 Å². The highest BCUT2D eigenvalue weighted by Crippen LogP contribution is 2.09. The third-order valence-electron chi connectivity index (χ3n) is 3.30. The van der Waals surface area contributed by atoms with E-state index in [1.165, 1.54) is 5.56 Å². The van der Waals surface area contributed by atoms with Crippen LogP contribution in [0.4, 0.5) is 0 Å². The van der Waals surface area contributed by atoms with Crippen LogP contribution in [0, 0.1) is 0 Å². The molecule has 0 aliphatic heterocycles. The number of nitrogens with one attached hydrogen (secondary N) is 2. The largest absolute Gasteiger partial charge is 0.354 e. The summed E-state index contributed by atoms with van der Waals surface area (Å²) in [6, 6.07) is 17.0. The second kappa shape index (κ2) is 8.96. The molecule has 0 aromatic heterocycles. The summed E-state index contributed by atoms with van der Waals surface area (Å²) >= 11 is 5.79. The molecular weight excluding hydrogens is 312 g/mol. The minimum atomic E-state index is -0.189. The number of carbonyl (C=O) groups excluding carboxylic acids is 2. The molecular formula is C18H19ClN2O2. The molecule has 0 spiro atoms. The molecule has 0 saturated heterocycles. The molecule has 2 rings (SSSR count). The summed E-state index contributed by atoms with van der Waals surface area (Å²) in [6.07, 6.45) is 1.000. The summed E-state index contributed by atoms with van der Waals surface area (Å²) in [5.74, 6) is -0.379. The number of hydrogen-bond donors (Lipinski definition) is 2. The number of hydrogen-bond acceptors (Lipinski definition) is 2. The van der Waals surface area contributed by atoms with Gasteiger partial charge in [-0.25, -0.2) is 0 Å². The lowest BCUT2D eigenvalue weighted by molar-refractivity contribution is -0.125. The van der Waals surface area contributed by atoms with Gasteiger partial charge in [0.25, 0.3) is 0 Å². The number of amides is 2. The Kier molecular flexibility index (Phi) is 6.63. The zero-order chi connectivity index (χ0) is 16.5. The van der Waals surface area contributed by atoms with Crippen molar-refractivity contribution >= 4 is 23.4 Å². The Bertz CT molecular complexity index is 642. The van der Waals surface area contributed by atoms with Crippen molar-refractivity contribution in [1.82, 2.24) is 10.6 Å². The third-order valence-corrected chi connectivity index (χ3v) is 3.55. The van der Waals surface area contributed by atoms with Gasteiger partial charge < -0.3 is 10.6 Å². The highest BCUT2D eigenvalue weighted by atomic mass is 35.5. The highest BCUT2D eigenvalue weighted by molar-refractivity contribution is 6.30. The second-order valence-electron chi connectivity index (χ2n) is 5.17. The maximum absolute atomic E-state index is 11.8. The zero-order valence-corrected chi connectivity index (χ0v) is 13.5. The smallest absolute Gasteiger partial charge is 0.239 e. The quantitative estimate of drug-likeness (QED) is 0.818. The van der Waals surface area contributed by atoms with E-state index in [0.29, 0.717) is 11.6 Å². The molecule has 2 N–H and O–H groups in total. The Morgan fingerprint density at radius 2 is 1.52 bits per heavy atom. The Morgan fingerprint density at radius 3 is 2.22 bits per heavy atom. The first-order valence-electron chi connectivity index (χ1n) is 7.45. The molecule has 2 aromatic rings. The summed E-state index contributed by atoms with van der Waals surface area (Å²) in [5, 5.41) is 6.03. The van der Waals surface area contributed by atoms with Gasteiger partial charge in [0, 0.05) is 11.6 Å². The third kappa shape index (κ3) is 6.53. The van der Waals surface area contributed by atoms with Gasteiger partial charge in [-0.3, -0.25) is 9.59 Å². The average molecular weight is 331 g/mol. The van der Waals surface area contributed by atoms with E-state index in [4.69, 9.17) is 11.6 Å². The van der Waals surface area contributed by atoms with E-state index in [0.717, 1.165) is 12.0 Å². The van der Waals surface area contributed by atoms with Gasteiger partial charge >= 0.3 is 0 Å². The Balaban J connectivity index is 1.63. The van der Waals surface area contributed by atoms with Crippen LogP contribution < -0.4 is 10.6 Å². The molecule has 120 valence electrons. The number of carbonyl (C=O) groups is 2. The minimum Gasteiger partial charge on any atom is -0.354 e. The lowest BCUT2D eigenvalue weighted by Gasteiger charge is -2.07. The molecule has 0 radical (unpaired) electrons. The fourth-order valence-corrected chi connectivity index (χ4v) is 2.21. The molecule has 0 heterocycles. The van der Waals surface area contributed by atoms with Crippen molar-refractivity contribution in [3.63, 3.8) is 0 Å². The van der Waals surface area contributed by atoms with Crippen molar-refractivity contribution in [2.45, 2.75) is 12.8 Å². The zero-order valence-electron chi connectivity index (χ0n) is 12.7. The van der Waals surface area contributed by atoms with Gasteiger partial charge in [-0.05, 0) is 29.7 Å². The van der Waals surface area contributed by atoms with Crippen molar-refractivity contribution in [3.8, 4) is 0 Å². The topological polar surface area (TPSA) is 58.2 Å². The van der Waals surface area contributed by atoms with Crippen LogP contribution in [0.2, 0.25) is 5.02 Å². The molecule has 2 amide bonds. The van der Waals surface area contributed by atoms with Gasteiger partial charge in [0.15, 0.2) is 0 Å². The number of benzene rings is 2. The van der Waals surface area contributed by atoms with Crippen LogP contribution in [-0.2, 0) is 22.4 Å². The van der Waals surface area contributed by atoms with Crippen LogP contribution >= 0.6 is 11.6 Å². The van der Waals surface area contributed by atoms with Crippen LogP contribution in [0.15, 0.2) is 54.6 Å². The van der Waals surface area contributed by atoms with E-state index < -0.39 is 0 Å². The van der Waals surface area contributed by atoms with E-state index in [1.54, 1.807) is 24.3 Å². The molecule has 0 fully saturated rings. The fourth-order valence-electron chi connectivity index (χ4n) is 2.08. The maximum atomic E-state index is 11.8. The number of halogens is 1. The summed E-state index contributed by atoms with van der Waals surface area (Å²) in [4.78, 5) is 23.5. The van der Waals surface area contributed by atoms with Crippen LogP contribution in [0.5, 0.6) is 0 Å². The van der Waals surface area contributed by atoms with Crippen molar-refractivity contribution in [2.75, 3.05) is 13.1 Å². The van der Waals surface area contributed by atoms with Crippen molar-refractivity contribution in [3.05, 3.63) is 70.7 Å². The van der Waals surface area contributed by atoms with Crippen LogP contribution in [0.3, 0.4) is 0 Å². The Labute approximate surface area is 140 Å². The summed E-state index contributed by atoms with van der Waals surface area (Å²) in [6.45, 7) is 0.539. The molecule has 5 heteroatoms. The normalized spacial score (nSPS) is 10.1. The van der Waals surface area contributed by atoms with E-state index in [-0.39, 0.29) is 24.8 Å². The lowest BCUT2D eigenvalue weighted by atomic mass is 10.1. The van der Waals surface area contributed by atoms with Crippen LogP contribution in [0.25, 0.3) is 0 Å². The van der Waals surface area contributed by atoms with Crippen molar-refractivity contribution in [2.24, 2.45) is 0 Å². The number of rotatable bonds is 7. The molecule has 23 heavy (non-hydrogen) atoms. The second-order valence-corrected chi connectivity index (χ2v) is 5.60. The van der Waals surface area contributed by atoms with Crippen molar-refractivity contribution < 1.29 is 9.59 Å². The highest BCUT2D eigenvalue weighted by Gasteiger charge is 2.06. The van der Waals surface area contributed by atoms with Gasteiger partial charge in [-0.15, -0.1) is 0 Å². The van der Waals surface area contributed by atoms with Gasteiger partial charge in [-0.1, -0.05) is 54.1 Å². The standard InChI is InChI=1S/C18H19ClN2O2/c19-16-8-6-15(7-9-16)12-17(22)21-13-18(23)20-11-10-14-4-2-1-3-5-14/h1-9H,10-13H2,(H,20,23)(H,21,22). The monoisotopic (exact) mass is 330 g/mol. The van der Waals surface area contributed by atoms with Gasteiger partial charge in [0.2, 0.25) is 11.8 Å². The van der Waals surface area contributed by atoms with Gasteiger partial charge in [-0.2, -0.15) is 0 Å². The summed E-state index contributed by atoms with van der Waals surface area (Å²) in [7, 11) is 0. The lowest BCUT2D eigenvalue weighted by Crippen LogP contribution is -2.38. The van der Waals surface area contributed by atoms with Crippen molar-refractivity contribution in [1.29, 1.82) is 0 Å². The first-order valence-corrected chi connectivity index (χ1v) is 7.83. The van der Waals surface area contributed by atoms with E-state index >= 15 is 0 Å². The first-order chi connectivity index (χ1) is 11.1. The predicted molar refractivity (Wildman–Crippen MR) is 91.3 cm³/mol. The Morgan fingerprint density at radius 1 is 0.826 bits per heavy atom. The minimum absolute atomic E-state index is 0.0127. The molecule has 0 saturated carbocycles. The van der Waals surface area contributed by atoms with Crippen LogP contribution in [-0.4, -0.2) is 24.9 Å². The Hall–Kier alpha value is -2.33. The van der Waals surface area contributed by atoms with Gasteiger partial charge in [0.05, 0.1) is 13.0 Å². The predicted octanol–water partition coefficient (Wildman–Crippen LogP) is 2.36. The fraction of sp³-hybridized carbons (Fsp3) is 0.222. The first kappa shape index (κ1) is 17.0.